The number of carbonyl (C=O) groups excluding carboxylic acids is 1. The van der Waals surface area contributed by atoms with Crippen LogP contribution in [0.25, 0.3) is 10.9 Å². The number of hydrogen-bond donors (Lipinski definition) is 1. The maximum Gasteiger partial charge on any atom is 0.166 e. The number of rotatable bonds is 2. The summed E-state index contributed by atoms with van der Waals surface area (Å²) in [6.07, 6.45) is 2.87. The van der Waals surface area contributed by atoms with Crippen molar-refractivity contribution >= 4 is 29.0 Å². The largest absolute Gasteiger partial charge is 0.352 e. The number of hydrogen-bond acceptors (Lipinski definition) is 2. The first-order valence-electron chi connectivity index (χ1n) is 6.95. The molecule has 0 fully saturated rings. The summed E-state index contributed by atoms with van der Waals surface area (Å²) in [6, 6.07) is 7.97. The van der Waals surface area contributed by atoms with Crippen LogP contribution in [0.5, 0.6) is 0 Å². The minimum absolute atomic E-state index is 0.633. The molecule has 0 unspecified atom stereocenters. The third kappa shape index (κ3) is 6.48. The van der Waals surface area contributed by atoms with Crippen molar-refractivity contribution in [1.29, 1.82) is 0 Å². The number of aldehydes is 1. The van der Waals surface area contributed by atoms with Crippen LogP contribution in [-0.4, -0.2) is 17.5 Å². The average molecular weight is 281 g/mol. The van der Waals surface area contributed by atoms with Crippen molar-refractivity contribution in [2.75, 3.05) is 6.26 Å². The molecule has 1 aromatic heterocycles. The molecule has 0 atom stereocenters. The lowest BCUT2D eigenvalue weighted by Gasteiger charge is -1.94. The standard InChI is InChI=1S/C10H9NOS.3C2H6/c1-13-9-2-3-10-7(5-9)4-8(6-12)11-10;3*1-2/h2-6,11H,1H3;3*1-2H3. The van der Waals surface area contributed by atoms with E-state index >= 15 is 0 Å². The van der Waals surface area contributed by atoms with Crippen LogP contribution in [0.1, 0.15) is 52.0 Å². The molecule has 108 valence electrons. The number of fused-ring (bicyclic) bond motifs is 1. The van der Waals surface area contributed by atoms with Crippen LogP contribution in [-0.2, 0) is 0 Å². The number of H-pyrrole nitrogens is 1. The van der Waals surface area contributed by atoms with Crippen LogP contribution in [0.15, 0.2) is 29.2 Å². The van der Waals surface area contributed by atoms with Crippen molar-refractivity contribution in [3.05, 3.63) is 30.0 Å². The number of nitrogens with one attached hydrogen (secondary N) is 1. The summed E-state index contributed by atoms with van der Waals surface area (Å²) in [4.78, 5) is 14.7. The third-order valence-electron chi connectivity index (χ3n) is 1.98. The Morgan fingerprint density at radius 3 is 2.05 bits per heavy atom. The van der Waals surface area contributed by atoms with Crippen LogP contribution in [0.3, 0.4) is 0 Å². The number of carbonyl (C=O) groups is 1. The molecule has 1 heterocycles. The summed E-state index contributed by atoms with van der Waals surface area (Å²) >= 11 is 1.70. The van der Waals surface area contributed by atoms with Crippen LogP contribution in [0.2, 0.25) is 0 Å². The Labute approximate surface area is 122 Å². The van der Waals surface area contributed by atoms with Crippen LogP contribution < -0.4 is 0 Å². The fourth-order valence-electron chi connectivity index (χ4n) is 1.32. The van der Waals surface area contributed by atoms with Gasteiger partial charge in [-0.1, -0.05) is 41.5 Å². The van der Waals surface area contributed by atoms with E-state index in [9.17, 15) is 4.79 Å². The zero-order valence-corrected chi connectivity index (χ0v) is 14.0. The van der Waals surface area contributed by atoms with Crippen molar-refractivity contribution in [2.45, 2.75) is 46.4 Å². The average Bonchev–Trinajstić information content (AvgIpc) is 2.95. The predicted octanol–water partition coefficient (Wildman–Crippen LogP) is 5.78. The Balaban J connectivity index is 0. The van der Waals surface area contributed by atoms with E-state index in [0.717, 1.165) is 17.2 Å². The first kappa shape index (κ1) is 20.1. The molecule has 0 spiro atoms. The Bertz CT molecular complexity index is 449. The molecule has 0 bridgehead atoms. The van der Waals surface area contributed by atoms with Gasteiger partial charge in [-0.25, -0.2) is 0 Å². The first-order chi connectivity index (χ1) is 9.33. The summed E-state index contributed by atoms with van der Waals surface area (Å²) in [5.74, 6) is 0. The van der Waals surface area contributed by atoms with Gasteiger partial charge in [0.25, 0.3) is 0 Å². The number of aromatic amines is 1. The van der Waals surface area contributed by atoms with Crippen molar-refractivity contribution in [2.24, 2.45) is 0 Å². The van der Waals surface area contributed by atoms with Gasteiger partial charge in [-0.05, 0) is 30.5 Å². The fourth-order valence-corrected chi connectivity index (χ4v) is 1.77. The van der Waals surface area contributed by atoms with E-state index in [2.05, 4.69) is 11.1 Å². The van der Waals surface area contributed by atoms with Crippen molar-refractivity contribution in [3.8, 4) is 0 Å². The fraction of sp³-hybridized carbons (Fsp3) is 0.438. The normalized spacial score (nSPS) is 8.16. The molecule has 2 nitrogen and oxygen atoms in total. The van der Waals surface area contributed by atoms with Gasteiger partial charge in [0.05, 0.1) is 5.69 Å². The summed E-state index contributed by atoms with van der Waals surface area (Å²) in [6.45, 7) is 12.0. The predicted molar refractivity (Wildman–Crippen MR) is 89.5 cm³/mol. The lowest BCUT2D eigenvalue weighted by Crippen LogP contribution is -1.74. The van der Waals surface area contributed by atoms with Gasteiger partial charge >= 0.3 is 0 Å². The minimum Gasteiger partial charge on any atom is -0.352 e. The van der Waals surface area contributed by atoms with Crippen molar-refractivity contribution in [1.82, 2.24) is 4.98 Å². The summed E-state index contributed by atoms with van der Waals surface area (Å²) in [7, 11) is 0. The molecule has 0 amide bonds. The Morgan fingerprint density at radius 2 is 1.58 bits per heavy atom. The van der Waals surface area contributed by atoms with Gasteiger partial charge in [0.15, 0.2) is 6.29 Å². The van der Waals surface area contributed by atoms with Gasteiger partial charge in [0.1, 0.15) is 0 Å². The number of thioether (sulfide) groups is 1. The highest BCUT2D eigenvalue weighted by Gasteiger charge is 1.99. The monoisotopic (exact) mass is 281 g/mol. The highest BCUT2D eigenvalue weighted by Crippen LogP contribution is 2.21. The van der Waals surface area contributed by atoms with Gasteiger partial charge in [0.2, 0.25) is 0 Å². The van der Waals surface area contributed by atoms with Gasteiger partial charge in [-0.3, -0.25) is 4.79 Å². The molecule has 19 heavy (non-hydrogen) atoms. The molecular weight excluding hydrogens is 254 g/mol. The van der Waals surface area contributed by atoms with Gasteiger partial charge in [0, 0.05) is 15.8 Å². The van der Waals surface area contributed by atoms with E-state index in [0.29, 0.717) is 5.69 Å². The van der Waals surface area contributed by atoms with Gasteiger partial charge in [-0.2, -0.15) is 0 Å². The zero-order valence-electron chi connectivity index (χ0n) is 13.2. The summed E-state index contributed by atoms with van der Waals surface area (Å²) in [5.41, 5.74) is 1.65. The Morgan fingerprint density at radius 1 is 1.00 bits per heavy atom. The molecule has 3 heteroatoms. The second-order valence-corrected chi connectivity index (χ2v) is 3.68. The lowest BCUT2D eigenvalue weighted by atomic mass is 10.2. The van der Waals surface area contributed by atoms with E-state index < -0.39 is 0 Å². The van der Waals surface area contributed by atoms with E-state index in [4.69, 9.17) is 0 Å². The number of benzene rings is 1. The van der Waals surface area contributed by atoms with E-state index in [1.54, 1.807) is 11.8 Å². The molecule has 0 aliphatic carbocycles. The molecule has 0 saturated heterocycles. The first-order valence-corrected chi connectivity index (χ1v) is 8.18. The molecule has 0 aliphatic rings. The summed E-state index contributed by atoms with van der Waals surface area (Å²) in [5, 5.41) is 1.09. The Hall–Kier alpha value is -1.22. The third-order valence-corrected chi connectivity index (χ3v) is 2.70. The highest BCUT2D eigenvalue weighted by atomic mass is 32.2. The lowest BCUT2D eigenvalue weighted by molar-refractivity contribution is 0.112. The zero-order chi connectivity index (χ0) is 15.3. The minimum atomic E-state index is 0.633. The SMILES string of the molecule is CC.CC.CC.CSc1ccc2[nH]c(C=O)cc2c1. The maximum atomic E-state index is 10.5. The molecular formula is C16H27NOS. The van der Waals surface area contributed by atoms with Crippen LogP contribution in [0.4, 0.5) is 0 Å². The van der Waals surface area contributed by atoms with Crippen molar-refractivity contribution < 1.29 is 4.79 Å². The molecule has 1 aromatic carbocycles. The molecule has 0 aliphatic heterocycles. The topological polar surface area (TPSA) is 32.9 Å². The van der Waals surface area contributed by atoms with Gasteiger partial charge < -0.3 is 4.98 Å². The second-order valence-electron chi connectivity index (χ2n) is 2.80. The molecule has 0 saturated carbocycles. The van der Waals surface area contributed by atoms with Crippen molar-refractivity contribution in [3.63, 3.8) is 0 Å². The second kappa shape index (κ2) is 13.2. The van der Waals surface area contributed by atoms with Crippen LogP contribution >= 0.6 is 11.8 Å². The smallest absolute Gasteiger partial charge is 0.166 e. The Kier molecular flexibility index (Phi) is 14.0. The highest BCUT2D eigenvalue weighted by molar-refractivity contribution is 7.98. The number of aromatic nitrogens is 1. The molecule has 1 N–H and O–H groups in total. The van der Waals surface area contributed by atoms with Gasteiger partial charge in [-0.15, -0.1) is 11.8 Å². The quantitative estimate of drug-likeness (QED) is 0.559. The molecule has 0 radical (unpaired) electrons. The van der Waals surface area contributed by atoms with Crippen LogP contribution in [0, 0.1) is 0 Å². The van der Waals surface area contributed by atoms with E-state index in [-0.39, 0.29) is 0 Å². The molecule has 2 aromatic rings. The van der Waals surface area contributed by atoms with E-state index in [1.807, 2.05) is 66.0 Å². The van der Waals surface area contributed by atoms with E-state index in [1.165, 1.54) is 4.90 Å². The molecule has 2 rings (SSSR count). The maximum absolute atomic E-state index is 10.5. The summed E-state index contributed by atoms with van der Waals surface area (Å²) < 4.78 is 0.